The highest BCUT2D eigenvalue weighted by Gasteiger charge is 2.24. The lowest BCUT2D eigenvalue weighted by Gasteiger charge is -2.27. The van der Waals surface area contributed by atoms with E-state index in [4.69, 9.17) is 0 Å². The van der Waals surface area contributed by atoms with E-state index in [1.54, 1.807) is 0 Å². The maximum absolute atomic E-state index is 2.41. The highest BCUT2D eigenvalue weighted by Crippen LogP contribution is 2.39. The van der Waals surface area contributed by atoms with Gasteiger partial charge in [-0.15, -0.1) is 0 Å². The van der Waals surface area contributed by atoms with Gasteiger partial charge in [0.05, 0.1) is 0 Å². The van der Waals surface area contributed by atoms with Crippen molar-refractivity contribution in [3.8, 4) is 0 Å². The topological polar surface area (TPSA) is 0 Å². The van der Waals surface area contributed by atoms with Gasteiger partial charge in [0.1, 0.15) is 0 Å². The van der Waals surface area contributed by atoms with Crippen molar-refractivity contribution in [3.63, 3.8) is 0 Å². The van der Waals surface area contributed by atoms with Gasteiger partial charge in [-0.25, -0.2) is 0 Å². The van der Waals surface area contributed by atoms with E-state index in [1.165, 1.54) is 27.8 Å². The van der Waals surface area contributed by atoms with Crippen LogP contribution in [0.2, 0.25) is 0 Å². The van der Waals surface area contributed by atoms with Crippen molar-refractivity contribution in [3.05, 3.63) is 76.4 Å². The van der Waals surface area contributed by atoms with Gasteiger partial charge in [0.2, 0.25) is 0 Å². The average molecular weight is 304 g/mol. The molecule has 2 aromatic carbocycles. The second kappa shape index (κ2) is 5.37. The maximum Gasteiger partial charge on any atom is 0.0278 e. The van der Waals surface area contributed by atoms with Gasteiger partial charge in [-0.05, 0) is 38.6 Å². The van der Waals surface area contributed by atoms with Crippen LogP contribution in [0.25, 0.3) is 6.08 Å². The number of rotatable bonds is 1. The number of fused-ring (bicyclic) bond motifs is 1. The van der Waals surface area contributed by atoms with Crippen molar-refractivity contribution in [2.75, 3.05) is 0 Å². The van der Waals surface area contributed by atoms with Crippen molar-refractivity contribution < 1.29 is 0 Å². The van der Waals surface area contributed by atoms with Crippen LogP contribution in [-0.2, 0) is 10.8 Å². The molecule has 0 spiro atoms. The number of hydrogen-bond donors (Lipinski definition) is 0. The Morgan fingerprint density at radius 3 is 1.87 bits per heavy atom. The molecule has 0 bridgehead atoms. The van der Waals surface area contributed by atoms with Crippen LogP contribution < -0.4 is 0 Å². The van der Waals surface area contributed by atoms with Crippen LogP contribution in [0.5, 0.6) is 0 Å². The minimum Gasteiger partial charge on any atom is -0.0720 e. The third-order valence-electron chi connectivity index (χ3n) is 4.85. The molecule has 0 N–H and O–H groups in total. The van der Waals surface area contributed by atoms with E-state index in [9.17, 15) is 0 Å². The molecule has 1 unspecified atom stereocenters. The Kier molecular flexibility index (Phi) is 3.75. The molecule has 0 saturated heterocycles. The molecule has 0 heterocycles. The van der Waals surface area contributed by atoms with Gasteiger partial charge in [0.15, 0.2) is 0 Å². The van der Waals surface area contributed by atoms with Crippen molar-refractivity contribution in [2.45, 2.75) is 58.3 Å². The van der Waals surface area contributed by atoms with Gasteiger partial charge < -0.3 is 0 Å². The first-order valence-electron chi connectivity index (χ1n) is 8.59. The Morgan fingerprint density at radius 1 is 0.739 bits per heavy atom. The number of hydrogen-bond acceptors (Lipinski definition) is 0. The van der Waals surface area contributed by atoms with E-state index in [-0.39, 0.29) is 10.8 Å². The predicted molar refractivity (Wildman–Crippen MR) is 101 cm³/mol. The standard InChI is InChI=1S/C23H28/c1-22(2,3)18-13-17(14-19(15-18)23(4,5)6)21-12-11-16-9-7-8-10-20(16)21/h7-15,21H,1-6H3. The van der Waals surface area contributed by atoms with E-state index in [2.05, 4.69) is 96.2 Å². The summed E-state index contributed by atoms with van der Waals surface area (Å²) in [7, 11) is 0. The van der Waals surface area contributed by atoms with Crippen molar-refractivity contribution in [1.29, 1.82) is 0 Å². The van der Waals surface area contributed by atoms with Crippen LogP contribution in [-0.4, -0.2) is 0 Å². The number of benzene rings is 2. The summed E-state index contributed by atoms with van der Waals surface area (Å²) < 4.78 is 0. The van der Waals surface area contributed by atoms with Gasteiger partial charge in [-0.2, -0.15) is 0 Å². The van der Waals surface area contributed by atoms with E-state index in [1.807, 2.05) is 0 Å². The van der Waals surface area contributed by atoms with E-state index >= 15 is 0 Å². The van der Waals surface area contributed by atoms with Crippen LogP contribution in [0.15, 0.2) is 48.5 Å². The fraction of sp³-hybridized carbons (Fsp3) is 0.391. The Morgan fingerprint density at radius 2 is 1.30 bits per heavy atom. The van der Waals surface area contributed by atoms with Gasteiger partial charge in [-0.1, -0.05) is 96.2 Å². The lowest BCUT2D eigenvalue weighted by atomic mass is 9.77. The van der Waals surface area contributed by atoms with Gasteiger partial charge >= 0.3 is 0 Å². The molecule has 120 valence electrons. The molecule has 1 atom stereocenters. The molecule has 23 heavy (non-hydrogen) atoms. The van der Waals surface area contributed by atoms with E-state index < -0.39 is 0 Å². The summed E-state index contributed by atoms with van der Waals surface area (Å²) in [6, 6.07) is 16.0. The van der Waals surface area contributed by atoms with E-state index in [0.29, 0.717) is 5.92 Å². The second-order valence-electron chi connectivity index (χ2n) is 8.81. The summed E-state index contributed by atoms with van der Waals surface area (Å²) in [6.45, 7) is 13.8. The monoisotopic (exact) mass is 304 g/mol. The zero-order chi connectivity index (χ0) is 16.8. The Bertz CT molecular complexity index is 716. The molecule has 0 fully saturated rings. The molecular weight excluding hydrogens is 276 g/mol. The van der Waals surface area contributed by atoms with Crippen molar-refractivity contribution in [2.24, 2.45) is 0 Å². The van der Waals surface area contributed by atoms with Crippen LogP contribution in [0.1, 0.15) is 75.3 Å². The summed E-state index contributed by atoms with van der Waals surface area (Å²) in [5.41, 5.74) is 7.39. The Hall–Kier alpha value is -1.82. The van der Waals surface area contributed by atoms with Crippen LogP contribution in [0.4, 0.5) is 0 Å². The zero-order valence-electron chi connectivity index (χ0n) is 15.3. The van der Waals surface area contributed by atoms with E-state index in [0.717, 1.165) is 0 Å². The molecule has 0 amide bonds. The molecule has 0 saturated carbocycles. The highest BCUT2D eigenvalue weighted by molar-refractivity contribution is 5.65. The summed E-state index contributed by atoms with van der Waals surface area (Å²) in [4.78, 5) is 0. The zero-order valence-corrected chi connectivity index (χ0v) is 15.3. The minimum absolute atomic E-state index is 0.165. The van der Waals surface area contributed by atoms with Gasteiger partial charge in [-0.3, -0.25) is 0 Å². The third kappa shape index (κ3) is 3.13. The summed E-state index contributed by atoms with van der Waals surface area (Å²) in [5, 5.41) is 0. The fourth-order valence-electron chi connectivity index (χ4n) is 3.24. The maximum atomic E-state index is 2.41. The first-order valence-corrected chi connectivity index (χ1v) is 8.59. The Balaban J connectivity index is 2.15. The van der Waals surface area contributed by atoms with Crippen molar-refractivity contribution in [1.82, 2.24) is 0 Å². The molecule has 0 aromatic heterocycles. The predicted octanol–water partition coefficient (Wildman–Crippen LogP) is 6.44. The first kappa shape index (κ1) is 16.1. The largest absolute Gasteiger partial charge is 0.0720 e. The molecular formula is C23H28. The third-order valence-corrected chi connectivity index (χ3v) is 4.85. The molecule has 2 aromatic rings. The minimum atomic E-state index is 0.165. The first-order chi connectivity index (χ1) is 10.7. The highest BCUT2D eigenvalue weighted by atomic mass is 14.3. The molecule has 0 radical (unpaired) electrons. The molecule has 0 nitrogen and oxygen atoms in total. The second-order valence-corrected chi connectivity index (χ2v) is 8.81. The Labute approximate surface area is 141 Å². The smallest absolute Gasteiger partial charge is 0.0278 e. The summed E-state index contributed by atoms with van der Waals surface area (Å²) in [5.74, 6) is 0.384. The van der Waals surface area contributed by atoms with Crippen molar-refractivity contribution >= 4 is 6.08 Å². The molecule has 1 aliphatic carbocycles. The summed E-state index contributed by atoms with van der Waals surface area (Å²) >= 11 is 0. The number of allylic oxidation sites excluding steroid dienone is 1. The molecule has 3 rings (SSSR count). The fourth-order valence-corrected chi connectivity index (χ4v) is 3.24. The quantitative estimate of drug-likeness (QED) is 0.568. The van der Waals surface area contributed by atoms with Crippen LogP contribution >= 0.6 is 0 Å². The molecule has 0 aliphatic heterocycles. The average Bonchev–Trinajstić information content (AvgIpc) is 2.89. The lowest BCUT2D eigenvalue weighted by Crippen LogP contribution is -2.17. The van der Waals surface area contributed by atoms with Gasteiger partial charge in [0.25, 0.3) is 0 Å². The van der Waals surface area contributed by atoms with Gasteiger partial charge in [0, 0.05) is 5.92 Å². The SMILES string of the molecule is CC(C)(C)c1cc(C2C=Cc3ccccc32)cc(C(C)(C)C)c1. The normalized spacial score (nSPS) is 17.4. The molecule has 0 heteroatoms. The van der Waals surface area contributed by atoms with Crippen LogP contribution in [0.3, 0.4) is 0 Å². The lowest BCUT2D eigenvalue weighted by molar-refractivity contribution is 0.566. The van der Waals surface area contributed by atoms with Crippen LogP contribution in [0, 0.1) is 0 Å². The molecule has 1 aliphatic rings. The summed E-state index contributed by atoms with van der Waals surface area (Å²) in [6.07, 6.45) is 4.61.